The number of rotatable bonds is 6. The standard InChI is InChI=1S/C10H20N2O4/c1-4-8(9(14)15)11-10(16)12(3)6-5-7(2)13/h7-8,13H,4-6H2,1-3H3,(H,11,16)(H,14,15)/t7?,8-/m0/s1. The maximum absolute atomic E-state index is 11.5. The first-order chi connectivity index (χ1) is 7.38. The van der Waals surface area contributed by atoms with E-state index >= 15 is 0 Å². The molecule has 0 aromatic rings. The molecule has 2 amide bonds. The lowest BCUT2D eigenvalue weighted by atomic mass is 10.2. The quantitative estimate of drug-likeness (QED) is 0.613. The van der Waals surface area contributed by atoms with Gasteiger partial charge in [0.2, 0.25) is 0 Å². The Bertz CT molecular complexity index is 243. The van der Waals surface area contributed by atoms with Crippen molar-refractivity contribution in [2.75, 3.05) is 13.6 Å². The molecule has 0 fully saturated rings. The smallest absolute Gasteiger partial charge is 0.326 e. The van der Waals surface area contributed by atoms with Crippen LogP contribution in [-0.2, 0) is 4.79 Å². The molecule has 0 saturated carbocycles. The number of carbonyl (C=O) groups excluding carboxylic acids is 1. The zero-order chi connectivity index (χ0) is 12.7. The van der Waals surface area contributed by atoms with Gasteiger partial charge in [-0.2, -0.15) is 0 Å². The van der Waals surface area contributed by atoms with Crippen molar-refractivity contribution >= 4 is 12.0 Å². The lowest BCUT2D eigenvalue weighted by molar-refractivity contribution is -0.139. The van der Waals surface area contributed by atoms with Crippen molar-refractivity contribution in [3.05, 3.63) is 0 Å². The van der Waals surface area contributed by atoms with E-state index in [9.17, 15) is 9.59 Å². The van der Waals surface area contributed by atoms with Gasteiger partial charge < -0.3 is 20.4 Å². The van der Waals surface area contributed by atoms with Crippen LogP contribution in [0.1, 0.15) is 26.7 Å². The maximum Gasteiger partial charge on any atom is 0.326 e. The molecule has 0 aromatic carbocycles. The second-order valence-corrected chi connectivity index (χ2v) is 3.81. The van der Waals surface area contributed by atoms with Crippen LogP contribution in [0.25, 0.3) is 0 Å². The molecule has 0 radical (unpaired) electrons. The van der Waals surface area contributed by atoms with E-state index in [0.29, 0.717) is 19.4 Å². The number of nitrogens with zero attached hydrogens (tertiary/aromatic N) is 1. The summed E-state index contributed by atoms with van der Waals surface area (Å²) >= 11 is 0. The lowest BCUT2D eigenvalue weighted by Gasteiger charge is -2.21. The van der Waals surface area contributed by atoms with E-state index in [4.69, 9.17) is 10.2 Å². The number of aliphatic hydroxyl groups is 1. The summed E-state index contributed by atoms with van der Waals surface area (Å²) in [5, 5.41) is 20.2. The molecule has 16 heavy (non-hydrogen) atoms. The molecule has 0 aliphatic carbocycles. The molecule has 94 valence electrons. The fourth-order valence-electron chi connectivity index (χ4n) is 1.08. The predicted molar refractivity (Wildman–Crippen MR) is 59.2 cm³/mol. The van der Waals surface area contributed by atoms with Crippen molar-refractivity contribution < 1.29 is 19.8 Å². The molecule has 2 atom stereocenters. The van der Waals surface area contributed by atoms with Crippen LogP contribution in [0.4, 0.5) is 4.79 Å². The zero-order valence-electron chi connectivity index (χ0n) is 9.93. The second-order valence-electron chi connectivity index (χ2n) is 3.81. The van der Waals surface area contributed by atoms with Gasteiger partial charge in [-0.1, -0.05) is 6.92 Å². The van der Waals surface area contributed by atoms with Crippen molar-refractivity contribution in [1.29, 1.82) is 0 Å². The summed E-state index contributed by atoms with van der Waals surface area (Å²) in [7, 11) is 1.56. The Morgan fingerprint density at radius 3 is 2.38 bits per heavy atom. The summed E-state index contributed by atoms with van der Waals surface area (Å²) in [5.74, 6) is -1.04. The number of nitrogens with one attached hydrogen (secondary N) is 1. The Morgan fingerprint density at radius 2 is 2.00 bits per heavy atom. The predicted octanol–water partition coefficient (Wildman–Crippen LogP) is 0.262. The van der Waals surface area contributed by atoms with Crippen LogP contribution >= 0.6 is 0 Å². The third-order valence-electron chi connectivity index (χ3n) is 2.23. The van der Waals surface area contributed by atoms with Crippen LogP contribution in [0.15, 0.2) is 0 Å². The number of hydrogen-bond acceptors (Lipinski definition) is 3. The zero-order valence-corrected chi connectivity index (χ0v) is 9.93. The fraction of sp³-hybridized carbons (Fsp3) is 0.800. The molecular weight excluding hydrogens is 212 g/mol. The molecule has 1 unspecified atom stereocenters. The monoisotopic (exact) mass is 232 g/mol. The van der Waals surface area contributed by atoms with Gasteiger partial charge in [-0.05, 0) is 19.8 Å². The van der Waals surface area contributed by atoms with Gasteiger partial charge >= 0.3 is 12.0 Å². The van der Waals surface area contributed by atoms with Gasteiger partial charge in [-0.3, -0.25) is 0 Å². The van der Waals surface area contributed by atoms with Crippen LogP contribution in [0.3, 0.4) is 0 Å². The number of aliphatic hydroxyl groups excluding tert-OH is 1. The number of urea groups is 1. The topological polar surface area (TPSA) is 89.9 Å². The number of amides is 2. The third kappa shape index (κ3) is 5.55. The largest absolute Gasteiger partial charge is 0.480 e. The average Bonchev–Trinajstić information content (AvgIpc) is 2.21. The van der Waals surface area contributed by atoms with Crippen LogP contribution in [-0.4, -0.2) is 52.9 Å². The molecule has 0 bridgehead atoms. The summed E-state index contributed by atoms with van der Waals surface area (Å²) in [6, 6.07) is -1.29. The summed E-state index contributed by atoms with van der Waals surface area (Å²) in [6.07, 6.45) is 0.329. The van der Waals surface area contributed by atoms with Gasteiger partial charge in [-0.15, -0.1) is 0 Å². The number of hydrogen-bond donors (Lipinski definition) is 3. The van der Waals surface area contributed by atoms with Crippen LogP contribution < -0.4 is 5.32 Å². The Morgan fingerprint density at radius 1 is 1.44 bits per heavy atom. The highest BCUT2D eigenvalue weighted by Crippen LogP contribution is 1.96. The molecule has 0 aliphatic rings. The van der Waals surface area contributed by atoms with Crippen LogP contribution in [0.5, 0.6) is 0 Å². The van der Waals surface area contributed by atoms with E-state index < -0.39 is 24.1 Å². The lowest BCUT2D eigenvalue weighted by Crippen LogP contribution is -2.46. The Labute approximate surface area is 95.2 Å². The minimum absolute atomic E-state index is 0.339. The Kier molecular flexibility index (Phi) is 6.48. The molecule has 6 nitrogen and oxygen atoms in total. The Hall–Kier alpha value is -1.30. The Balaban J connectivity index is 4.08. The molecule has 0 heterocycles. The summed E-state index contributed by atoms with van der Waals surface area (Å²) in [4.78, 5) is 23.5. The van der Waals surface area contributed by atoms with Gasteiger partial charge in [0.25, 0.3) is 0 Å². The summed E-state index contributed by atoms with van der Waals surface area (Å²) in [6.45, 7) is 3.71. The minimum atomic E-state index is -1.04. The van der Waals surface area contributed by atoms with Crippen molar-refractivity contribution in [2.24, 2.45) is 0 Å². The molecule has 0 spiro atoms. The van der Waals surface area contributed by atoms with E-state index in [1.165, 1.54) is 4.90 Å². The molecule has 0 rings (SSSR count). The van der Waals surface area contributed by atoms with Crippen molar-refractivity contribution in [2.45, 2.75) is 38.8 Å². The fourth-order valence-corrected chi connectivity index (χ4v) is 1.08. The van der Waals surface area contributed by atoms with Crippen molar-refractivity contribution in [3.8, 4) is 0 Å². The van der Waals surface area contributed by atoms with E-state index in [0.717, 1.165) is 0 Å². The van der Waals surface area contributed by atoms with Crippen LogP contribution in [0.2, 0.25) is 0 Å². The van der Waals surface area contributed by atoms with Gasteiger partial charge in [0.1, 0.15) is 6.04 Å². The molecule has 0 aromatic heterocycles. The van der Waals surface area contributed by atoms with Crippen molar-refractivity contribution in [1.82, 2.24) is 10.2 Å². The van der Waals surface area contributed by atoms with E-state index in [2.05, 4.69) is 5.32 Å². The van der Waals surface area contributed by atoms with E-state index in [1.807, 2.05) is 0 Å². The molecule has 0 saturated heterocycles. The highest BCUT2D eigenvalue weighted by Gasteiger charge is 2.19. The van der Waals surface area contributed by atoms with Gasteiger partial charge in [0.15, 0.2) is 0 Å². The minimum Gasteiger partial charge on any atom is -0.480 e. The first kappa shape index (κ1) is 14.7. The highest BCUT2D eigenvalue weighted by molar-refractivity contribution is 5.82. The van der Waals surface area contributed by atoms with Gasteiger partial charge in [-0.25, -0.2) is 9.59 Å². The molecule has 6 heteroatoms. The first-order valence-corrected chi connectivity index (χ1v) is 5.31. The molecule has 3 N–H and O–H groups in total. The average molecular weight is 232 g/mol. The summed E-state index contributed by atoms with van der Waals surface area (Å²) in [5.41, 5.74) is 0. The van der Waals surface area contributed by atoms with E-state index in [1.54, 1.807) is 20.9 Å². The SMILES string of the molecule is CC[C@H](NC(=O)N(C)CCC(C)O)C(=O)O. The number of carboxylic acid groups (broad SMARTS) is 1. The van der Waals surface area contributed by atoms with Crippen LogP contribution in [0, 0.1) is 0 Å². The number of aliphatic carboxylic acids is 1. The summed E-state index contributed by atoms with van der Waals surface area (Å²) < 4.78 is 0. The van der Waals surface area contributed by atoms with Crippen molar-refractivity contribution in [3.63, 3.8) is 0 Å². The first-order valence-electron chi connectivity index (χ1n) is 5.31. The highest BCUT2D eigenvalue weighted by atomic mass is 16.4. The van der Waals surface area contributed by atoms with E-state index in [-0.39, 0.29) is 0 Å². The van der Waals surface area contributed by atoms with Gasteiger partial charge in [0.05, 0.1) is 6.10 Å². The normalized spacial score (nSPS) is 14.0. The molecule has 0 aliphatic heterocycles. The molecular formula is C10H20N2O4. The second kappa shape index (κ2) is 7.05. The number of carboxylic acids is 1. The third-order valence-corrected chi connectivity index (χ3v) is 2.23. The number of carbonyl (C=O) groups is 2. The maximum atomic E-state index is 11.5. The van der Waals surface area contributed by atoms with Gasteiger partial charge in [0, 0.05) is 13.6 Å².